The summed E-state index contributed by atoms with van der Waals surface area (Å²) in [5.74, 6) is -3.73. The second-order valence-electron chi connectivity index (χ2n) is 4.95. The fourth-order valence-electron chi connectivity index (χ4n) is 2.40. The highest BCUT2D eigenvalue weighted by Crippen LogP contribution is 2.26. The minimum Gasteiger partial charge on any atom is -0.481 e. The summed E-state index contributed by atoms with van der Waals surface area (Å²) in [5.41, 5.74) is -0.215. The van der Waals surface area contributed by atoms with Crippen molar-refractivity contribution >= 4 is 11.9 Å². The van der Waals surface area contributed by atoms with Gasteiger partial charge < -0.3 is 14.7 Å². The molecule has 1 aliphatic heterocycles. The number of carbonyl (C=O) groups is 2. The quantitative estimate of drug-likeness (QED) is 0.926. The zero-order valence-corrected chi connectivity index (χ0v) is 11.5. The van der Waals surface area contributed by atoms with Crippen LogP contribution in [0.3, 0.4) is 0 Å². The summed E-state index contributed by atoms with van der Waals surface area (Å²) in [5, 5.41) is 9.01. The van der Waals surface area contributed by atoms with Gasteiger partial charge in [0, 0.05) is 19.2 Å². The van der Waals surface area contributed by atoms with Crippen LogP contribution in [-0.4, -0.2) is 41.6 Å². The number of amides is 1. The smallest absolute Gasteiger partial charge is 0.387 e. The number of alkyl halides is 2. The van der Waals surface area contributed by atoms with E-state index in [1.54, 1.807) is 0 Å². The van der Waals surface area contributed by atoms with Crippen molar-refractivity contribution in [2.75, 3.05) is 13.1 Å². The maximum absolute atomic E-state index is 13.1. The van der Waals surface area contributed by atoms with E-state index < -0.39 is 36.0 Å². The maximum atomic E-state index is 13.1. The normalized spacial score (nSPS) is 18.4. The highest BCUT2D eigenvalue weighted by molar-refractivity contribution is 5.97. The molecule has 0 aromatic heterocycles. The van der Waals surface area contributed by atoms with Gasteiger partial charge >= 0.3 is 12.6 Å². The van der Waals surface area contributed by atoms with E-state index in [9.17, 15) is 22.8 Å². The molecule has 8 heteroatoms. The molecule has 1 aliphatic rings. The summed E-state index contributed by atoms with van der Waals surface area (Å²) in [4.78, 5) is 24.6. The first-order chi connectivity index (χ1) is 10.4. The Hall–Kier alpha value is -2.25. The van der Waals surface area contributed by atoms with Crippen molar-refractivity contribution in [1.29, 1.82) is 0 Å². The topological polar surface area (TPSA) is 66.8 Å². The van der Waals surface area contributed by atoms with E-state index in [2.05, 4.69) is 4.74 Å². The van der Waals surface area contributed by atoms with Gasteiger partial charge in [0.25, 0.3) is 5.91 Å². The lowest BCUT2D eigenvalue weighted by molar-refractivity contribution is -0.143. The highest BCUT2D eigenvalue weighted by Gasteiger charge is 2.30. The molecule has 1 saturated heterocycles. The minimum atomic E-state index is -3.19. The molecule has 0 radical (unpaired) electrons. The molecule has 1 aromatic rings. The van der Waals surface area contributed by atoms with Gasteiger partial charge in [-0.25, -0.2) is 4.39 Å². The van der Waals surface area contributed by atoms with Gasteiger partial charge in [0.05, 0.1) is 11.5 Å². The number of carboxylic acids is 1. The monoisotopic (exact) mass is 317 g/mol. The lowest BCUT2D eigenvalue weighted by Crippen LogP contribution is -2.42. The molecule has 0 saturated carbocycles. The Morgan fingerprint density at radius 1 is 1.36 bits per heavy atom. The fourth-order valence-corrected chi connectivity index (χ4v) is 2.40. The molecule has 1 atom stereocenters. The Kier molecular flexibility index (Phi) is 4.89. The second-order valence-corrected chi connectivity index (χ2v) is 4.95. The van der Waals surface area contributed by atoms with Gasteiger partial charge in [0.1, 0.15) is 11.6 Å². The zero-order valence-electron chi connectivity index (χ0n) is 11.5. The molecule has 0 aliphatic carbocycles. The highest BCUT2D eigenvalue weighted by atomic mass is 19.3. The summed E-state index contributed by atoms with van der Waals surface area (Å²) in [6.45, 7) is -2.89. The molecule has 120 valence electrons. The number of carboxylic acid groups (broad SMARTS) is 1. The Bertz CT molecular complexity index is 579. The van der Waals surface area contributed by atoms with Crippen molar-refractivity contribution in [3.8, 4) is 5.75 Å². The van der Waals surface area contributed by atoms with E-state index in [0.717, 1.165) is 12.1 Å². The van der Waals surface area contributed by atoms with Crippen molar-refractivity contribution in [3.05, 3.63) is 29.6 Å². The third-order valence-electron chi connectivity index (χ3n) is 3.45. The number of ether oxygens (including phenoxy) is 1. The average molecular weight is 317 g/mol. The number of benzene rings is 1. The van der Waals surface area contributed by atoms with Gasteiger partial charge in [-0.2, -0.15) is 8.78 Å². The Morgan fingerprint density at radius 3 is 2.73 bits per heavy atom. The minimum absolute atomic E-state index is 0.0142. The number of likely N-dealkylation sites (tertiary alicyclic amines) is 1. The summed E-state index contributed by atoms with van der Waals surface area (Å²) in [6, 6.07) is 2.72. The molecular formula is C14H14F3NO4. The number of nitrogens with zero attached hydrogens (tertiary/aromatic N) is 1. The van der Waals surface area contributed by atoms with Crippen molar-refractivity contribution in [2.45, 2.75) is 19.5 Å². The van der Waals surface area contributed by atoms with Gasteiger partial charge in [-0.15, -0.1) is 0 Å². The van der Waals surface area contributed by atoms with Crippen LogP contribution in [0, 0.1) is 11.7 Å². The molecule has 1 N–H and O–H groups in total. The zero-order chi connectivity index (χ0) is 16.3. The van der Waals surface area contributed by atoms with Crippen LogP contribution in [0.2, 0.25) is 0 Å². The first-order valence-electron chi connectivity index (χ1n) is 6.65. The number of carbonyl (C=O) groups excluding carboxylic acids is 1. The molecule has 2 rings (SSSR count). The van der Waals surface area contributed by atoms with E-state index in [0.29, 0.717) is 25.5 Å². The number of aliphatic carboxylic acids is 1. The summed E-state index contributed by atoms with van der Waals surface area (Å²) >= 11 is 0. The van der Waals surface area contributed by atoms with Gasteiger partial charge in [-0.05, 0) is 25.0 Å². The van der Waals surface area contributed by atoms with Crippen molar-refractivity contribution in [2.24, 2.45) is 5.92 Å². The maximum Gasteiger partial charge on any atom is 0.387 e. The van der Waals surface area contributed by atoms with Crippen LogP contribution in [0.15, 0.2) is 18.2 Å². The lowest BCUT2D eigenvalue weighted by Gasteiger charge is -2.31. The fraction of sp³-hybridized carbons (Fsp3) is 0.429. The Balaban J connectivity index is 2.23. The molecule has 5 nitrogen and oxygen atoms in total. The van der Waals surface area contributed by atoms with E-state index >= 15 is 0 Å². The van der Waals surface area contributed by atoms with Crippen LogP contribution in [0.25, 0.3) is 0 Å². The molecule has 0 spiro atoms. The van der Waals surface area contributed by atoms with Crippen molar-refractivity contribution in [3.63, 3.8) is 0 Å². The summed E-state index contributed by atoms with van der Waals surface area (Å²) in [6.07, 6.45) is 0.942. The predicted molar refractivity (Wildman–Crippen MR) is 69.3 cm³/mol. The molecule has 0 unspecified atom stereocenters. The second kappa shape index (κ2) is 6.67. The van der Waals surface area contributed by atoms with Gasteiger partial charge in [-0.3, -0.25) is 9.59 Å². The average Bonchev–Trinajstić information content (AvgIpc) is 2.46. The molecule has 22 heavy (non-hydrogen) atoms. The molecule has 0 bridgehead atoms. The van der Waals surface area contributed by atoms with E-state index in [-0.39, 0.29) is 12.1 Å². The number of hydrogen-bond donors (Lipinski definition) is 1. The summed E-state index contributed by atoms with van der Waals surface area (Å²) in [7, 11) is 0. The third-order valence-corrected chi connectivity index (χ3v) is 3.45. The van der Waals surface area contributed by atoms with Crippen molar-refractivity contribution < 1.29 is 32.6 Å². The molecule has 1 aromatic carbocycles. The van der Waals surface area contributed by atoms with Gasteiger partial charge in [0.15, 0.2) is 0 Å². The molecule has 1 fully saturated rings. The van der Waals surface area contributed by atoms with Crippen LogP contribution >= 0.6 is 0 Å². The first kappa shape index (κ1) is 16.1. The third kappa shape index (κ3) is 3.69. The Labute approximate surface area is 124 Å². The van der Waals surface area contributed by atoms with Crippen molar-refractivity contribution in [1.82, 2.24) is 4.90 Å². The van der Waals surface area contributed by atoms with Crippen LogP contribution < -0.4 is 4.74 Å². The van der Waals surface area contributed by atoms with Gasteiger partial charge in [-0.1, -0.05) is 0 Å². The number of halogens is 3. The largest absolute Gasteiger partial charge is 0.481 e. The SMILES string of the molecule is O=C(O)[C@H]1CCCN(C(=O)c2ccc(F)cc2OC(F)F)C1. The molecule has 1 heterocycles. The van der Waals surface area contributed by atoms with E-state index in [4.69, 9.17) is 5.11 Å². The number of hydrogen-bond acceptors (Lipinski definition) is 3. The van der Waals surface area contributed by atoms with Crippen LogP contribution in [0.4, 0.5) is 13.2 Å². The predicted octanol–water partition coefficient (Wildman–Crippen LogP) is 2.36. The van der Waals surface area contributed by atoms with Crippen LogP contribution in [0.1, 0.15) is 23.2 Å². The number of piperidine rings is 1. The first-order valence-corrected chi connectivity index (χ1v) is 6.65. The van der Waals surface area contributed by atoms with E-state index in [1.807, 2.05) is 0 Å². The summed E-state index contributed by atoms with van der Waals surface area (Å²) < 4.78 is 42.0. The van der Waals surface area contributed by atoms with Gasteiger partial charge in [0.2, 0.25) is 0 Å². The number of rotatable bonds is 4. The Morgan fingerprint density at radius 2 is 2.09 bits per heavy atom. The van der Waals surface area contributed by atoms with Crippen LogP contribution in [0.5, 0.6) is 5.75 Å². The lowest BCUT2D eigenvalue weighted by atomic mass is 9.97. The van der Waals surface area contributed by atoms with Crippen LogP contribution in [-0.2, 0) is 4.79 Å². The standard InChI is InChI=1S/C14H14F3NO4/c15-9-3-4-10(11(6-9)22-14(16)17)12(19)18-5-1-2-8(7-18)13(20)21/h3-4,6,8,14H,1-2,5,7H2,(H,20,21)/t8-/m0/s1. The molecule has 1 amide bonds. The van der Waals surface area contributed by atoms with E-state index in [1.165, 1.54) is 4.90 Å². The molecular weight excluding hydrogens is 303 g/mol.